The number of benzene rings is 1. The first kappa shape index (κ1) is 28.0. The summed E-state index contributed by atoms with van der Waals surface area (Å²) in [5.74, 6) is -1.02. The first-order valence-electron chi connectivity index (χ1n) is 13.6. The number of halogens is 1. The van der Waals surface area contributed by atoms with Crippen molar-refractivity contribution in [1.82, 2.24) is 9.55 Å². The molecule has 0 spiro atoms. The molecule has 2 aromatic heterocycles. The molecule has 1 aromatic carbocycles. The van der Waals surface area contributed by atoms with Gasteiger partial charge < -0.3 is 25.1 Å². The van der Waals surface area contributed by atoms with E-state index in [-0.39, 0.29) is 29.4 Å². The highest BCUT2D eigenvalue weighted by atomic mass is 35.5. The minimum Gasteiger partial charge on any atom is -0.378 e. The zero-order valence-electron chi connectivity index (χ0n) is 22.4. The summed E-state index contributed by atoms with van der Waals surface area (Å²) < 4.78 is 13.5. The van der Waals surface area contributed by atoms with E-state index in [1.54, 1.807) is 18.3 Å². The maximum Gasteiger partial charge on any atom is 0.267 e. The molecule has 10 heteroatoms. The second kappa shape index (κ2) is 12.3. The van der Waals surface area contributed by atoms with Crippen LogP contribution in [0, 0.1) is 0 Å². The summed E-state index contributed by atoms with van der Waals surface area (Å²) in [7, 11) is 0. The predicted molar refractivity (Wildman–Crippen MR) is 152 cm³/mol. The van der Waals surface area contributed by atoms with Gasteiger partial charge in [-0.05, 0) is 86.4 Å². The first-order valence-corrected chi connectivity index (χ1v) is 14.0. The Labute approximate surface area is 237 Å². The molecule has 3 N–H and O–H groups in total. The lowest BCUT2D eigenvalue weighted by atomic mass is 9.92. The molecule has 0 aliphatic carbocycles. The Kier molecular flexibility index (Phi) is 8.63. The van der Waals surface area contributed by atoms with Crippen LogP contribution in [-0.2, 0) is 27.3 Å². The number of primary amides is 1. The van der Waals surface area contributed by atoms with E-state index in [1.165, 1.54) is 16.8 Å². The lowest BCUT2D eigenvalue weighted by Gasteiger charge is -2.27. The number of pyridine rings is 2. The second-order valence-electron chi connectivity index (χ2n) is 10.5. The Bertz CT molecular complexity index is 1450. The van der Waals surface area contributed by atoms with E-state index < -0.39 is 11.9 Å². The average Bonchev–Trinajstić information content (AvgIpc) is 2.94. The average molecular weight is 565 g/mol. The maximum atomic E-state index is 13.7. The highest BCUT2D eigenvalue weighted by Gasteiger charge is 2.27. The van der Waals surface area contributed by atoms with E-state index in [4.69, 9.17) is 26.8 Å². The fourth-order valence-corrected chi connectivity index (χ4v) is 5.57. The van der Waals surface area contributed by atoms with E-state index in [0.717, 1.165) is 41.5 Å². The molecule has 40 heavy (non-hydrogen) atoms. The number of hydrogen-bond acceptors (Lipinski definition) is 6. The Hall–Kier alpha value is -3.53. The van der Waals surface area contributed by atoms with Crippen molar-refractivity contribution in [2.24, 2.45) is 5.73 Å². The van der Waals surface area contributed by atoms with Crippen LogP contribution in [0.4, 0.5) is 5.69 Å². The molecule has 0 radical (unpaired) electrons. The van der Waals surface area contributed by atoms with Crippen molar-refractivity contribution in [3.05, 3.63) is 81.0 Å². The van der Waals surface area contributed by atoms with Gasteiger partial charge in [0.25, 0.3) is 11.5 Å². The summed E-state index contributed by atoms with van der Waals surface area (Å²) in [5, 5.41) is 3.44. The van der Waals surface area contributed by atoms with Crippen LogP contribution >= 0.6 is 11.6 Å². The van der Waals surface area contributed by atoms with Crippen LogP contribution in [0.25, 0.3) is 11.1 Å². The summed E-state index contributed by atoms with van der Waals surface area (Å²) in [6.45, 7) is 3.01. The number of carbonyl (C=O) groups excluding carboxylic acids is 2. The molecule has 0 bridgehead atoms. The number of hydrogen-bond donors (Lipinski definition) is 2. The minimum atomic E-state index is -0.805. The highest BCUT2D eigenvalue weighted by molar-refractivity contribution is 6.30. The number of nitrogens with one attached hydrogen (secondary N) is 1. The van der Waals surface area contributed by atoms with E-state index in [9.17, 15) is 14.4 Å². The molecule has 2 aliphatic rings. The summed E-state index contributed by atoms with van der Waals surface area (Å²) in [5.41, 5.74) is 8.98. The zero-order valence-corrected chi connectivity index (χ0v) is 23.2. The van der Waals surface area contributed by atoms with E-state index in [2.05, 4.69) is 10.3 Å². The van der Waals surface area contributed by atoms with Gasteiger partial charge in [-0.15, -0.1) is 0 Å². The van der Waals surface area contributed by atoms with Crippen LogP contribution < -0.4 is 16.6 Å². The summed E-state index contributed by atoms with van der Waals surface area (Å²) >= 11 is 6.35. The van der Waals surface area contributed by atoms with Gasteiger partial charge in [-0.1, -0.05) is 17.7 Å². The Morgan fingerprint density at radius 1 is 1.15 bits per heavy atom. The van der Waals surface area contributed by atoms with Crippen LogP contribution in [0.1, 0.15) is 66.7 Å². The van der Waals surface area contributed by atoms with Gasteiger partial charge in [0.2, 0.25) is 5.91 Å². The minimum absolute atomic E-state index is 0.0353. The third-order valence-corrected chi connectivity index (χ3v) is 7.75. The molecule has 4 heterocycles. The van der Waals surface area contributed by atoms with Gasteiger partial charge in [0.1, 0.15) is 11.7 Å². The Morgan fingerprint density at radius 3 is 2.70 bits per heavy atom. The SMILES string of the molecule is C[C@@H]1Cc2ccc(Cl)cc2-c2cc(=O)n([C@@H](CC[C@@H]3CCCCO3)C(=O)Nc3ccc(C(N)=O)nc3)cc2CO1. The van der Waals surface area contributed by atoms with E-state index in [1.807, 2.05) is 25.1 Å². The molecular formula is C30H33ClN4O5. The number of amides is 2. The Balaban J connectivity index is 1.50. The van der Waals surface area contributed by atoms with Crippen molar-refractivity contribution in [3.8, 4) is 11.1 Å². The van der Waals surface area contributed by atoms with Crippen LogP contribution in [0.15, 0.2) is 53.6 Å². The number of fused-ring (bicyclic) bond motifs is 3. The molecule has 2 amide bonds. The number of nitrogens with two attached hydrogens (primary N) is 1. The van der Waals surface area contributed by atoms with Gasteiger partial charge in [-0.2, -0.15) is 0 Å². The third-order valence-electron chi connectivity index (χ3n) is 7.51. The largest absolute Gasteiger partial charge is 0.378 e. The molecule has 2 aliphatic heterocycles. The van der Waals surface area contributed by atoms with Gasteiger partial charge in [0, 0.05) is 29.5 Å². The van der Waals surface area contributed by atoms with Crippen molar-refractivity contribution in [2.75, 3.05) is 11.9 Å². The molecular weight excluding hydrogens is 532 g/mol. The second-order valence-corrected chi connectivity index (χ2v) is 10.9. The molecule has 3 aromatic rings. The number of rotatable bonds is 7. The molecule has 9 nitrogen and oxygen atoms in total. The van der Waals surface area contributed by atoms with Gasteiger partial charge in [-0.25, -0.2) is 4.98 Å². The van der Waals surface area contributed by atoms with Gasteiger partial charge in [-0.3, -0.25) is 14.4 Å². The standard InChI is InChI=1S/C30H33ClN4O5/c1-18-12-19-5-6-21(31)13-24(19)25-14-28(36)35(16-20(25)17-40-18)27(10-8-23-4-2-3-11-39-23)30(38)34-22-7-9-26(29(32)37)33-15-22/h5-7,9,13-16,18,23,27H,2-4,8,10-12,17H2,1H3,(H2,32,37)(H,34,38)/t18-,23+,27+/m1/s1. The molecule has 0 unspecified atom stereocenters. The highest BCUT2D eigenvalue weighted by Crippen LogP contribution is 2.33. The topological polar surface area (TPSA) is 126 Å². The fourth-order valence-electron chi connectivity index (χ4n) is 5.39. The van der Waals surface area contributed by atoms with Crippen molar-refractivity contribution >= 4 is 29.1 Å². The Morgan fingerprint density at radius 2 is 1.98 bits per heavy atom. The number of ether oxygens (including phenoxy) is 2. The lowest BCUT2D eigenvalue weighted by molar-refractivity contribution is -0.119. The number of anilines is 1. The van der Waals surface area contributed by atoms with Gasteiger partial charge in [0.05, 0.1) is 30.7 Å². The van der Waals surface area contributed by atoms with Crippen LogP contribution in [0.3, 0.4) is 0 Å². The predicted octanol–water partition coefficient (Wildman–Crippen LogP) is 4.65. The quantitative estimate of drug-likeness (QED) is 0.430. The molecule has 0 saturated carbocycles. The van der Waals surface area contributed by atoms with Crippen molar-refractivity contribution < 1.29 is 19.1 Å². The normalized spacial score (nSPS) is 19.4. The number of carbonyl (C=O) groups is 2. The number of aromatic nitrogens is 2. The zero-order chi connectivity index (χ0) is 28.2. The third kappa shape index (κ3) is 6.43. The molecule has 3 atom stereocenters. The van der Waals surface area contributed by atoms with Crippen LogP contribution in [0.5, 0.6) is 0 Å². The maximum absolute atomic E-state index is 13.7. The lowest BCUT2D eigenvalue weighted by Crippen LogP contribution is -2.35. The summed E-state index contributed by atoms with van der Waals surface area (Å²) in [4.78, 5) is 42.7. The molecule has 210 valence electrons. The molecule has 1 saturated heterocycles. The first-order chi connectivity index (χ1) is 19.3. The van der Waals surface area contributed by atoms with Crippen molar-refractivity contribution in [2.45, 2.75) is 70.3 Å². The smallest absolute Gasteiger partial charge is 0.267 e. The monoisotopic (exact) mass is 564 g/mol. The molecule has 1 fully saturated rings. The van der Waals surface area contributed by atoms with E-state index in [0.29, 0.717) is 43.2 Å². The summed E-state index contributed by atoms with van der Waals surface area (Å²) in [6, 6.07) is 9.47. The van der Waals surface area contributed by atoms with Gasteiger partial charge in [0.15, 0.2) is 0 Å². The fraction of sp³-hybridized carbons (Fsp3) is 0.400. The van der Waals surface area contributed by atoms with Crippen molar-refractivity contribution in [1.29, 1.82) is 0 Å². The number of nitrogens with zero attached hydrogens (tertiary/aromatic N) is 2. The van der Waals surface area contributed by atoms with Crippen molar-refractivity contribution in [3.63, 3.8) is 0 Å². The molecule has 5 rings (SSSR count). The van der Waals surface area contributed by atoms with Crippen LogP contribution in [-0.4, -0.2) is 40.2 Å². The summed E-state index contributed by atoms with van der Waals surface area (Å²) in [6.07, 6.45) is 7.89. The van der Waals surface area contributed by atoms with Crippen LogP contribution in [0.2, 0.25) is 5.02 Å². The van der Waals surface area contributed by atoms with E-state index >= 15 is 0 Å². The van der Waals surface area contributed by atoms with Gasteiger partial charge >= 0.3 is 0 Å².